The fourth-order valence-electron chi connectivity index (χ4n) is 3.40. The molecule has 0 fully saturated rings. The Morgan fingerprint density at radius 3 is 2.62 bits per heavy atom. The third-order valence-electron chi connectivity index (χ3n) is 4.79. The second-order valence-electron chi connectivity index (χ2n) is 7.21. The number of hydrogen-bond acceptors (Lipinski definition) is 2. The highest BCUT2D eigenvalue weighted by Gasteiger charge is 2.29. The van der Waals surface area contributed by atoms with E-state index >= 15 is 0 Å². The Bertz CT molecular complexity index is 694. The summed E-state index contributed by atoms with van der Waals surface area (Å²) < 4.78 is 0. The first-order chi connectivity index (χ1) is 11.6. The van der Waals surface area contributed by atoms with Gasteiger partial charge in [0.2, 0.25) is 5.91 Å². The van der Waals surface area contributed by atoms with Crippen LogP contribution in [0.25, 0.3) is 0 Å². The fourth-order valence-corrected chi connectivity index (χ4v) is 3.40. The zero-order valence-corrected chi connectivity index (χ0v) is 14.5. The van der Waals surface area contributed by atoms with Crippen LogP contribution in [0, 0.1) is 5.41 Å². The van der Waals surface area contributed by atoms with Crippen molar-refractivity contribution >= 4 is 5.91 Å². The van der Waals surface area contributed by atoms with Crippen molar-refractivity contribution in [3.05, 3.63) is 71.3 Å². The highest BCUT2D eigenvalue weighted by Crippen LogP contribution is 2.24. The van der Waals surface area contributed by atoms with E-state index in [1.807, 2.05) is 32.0 Å². The van der Waals surface area contributed by atoms with E-state index in [-0.39, 0.29) is 11.9 Å². The van der Waals surface area contributed by atoms with Gasteiger partial charge in [-0.1, -0.05) is 68.4 Å². The van der Waals surface area contributed by atoms with Crippen LogP contribution in [0.15, 0.2) is 54.6 Å². The molecule has 3 heteroatoms. The molecule has 3 nitrogen and oxygen atoms in total. The van der Waals surface area contributed by atoms with Crippen LogP contribution < -0.4 is 10.6 Å². The van der Waals surface area contributed by atoms with Crippen LogP contribution in [-0.2, 0) is 17.6 Å². The summed E-state index contributed by atoms with van der Waals surface area (Å²) in [7, 11) is 0. The van der Waals surface area contributed by atoms with Crippen LogP contribution in [0.3, 0.4) is 0 Å². The zero-order valence-electron chi connectivity index (χ0n) is 14.5. The maximum atomic E-state index is 12.7. The number of nitrogens with one attached hydrogen (secondary N) is 2. The summed E-state index contributed by atoms with van der Waals surface area (Å²) in [6.45, 7) is 5.62. The molecule has 0 saturated heterocycles. The molecule has 2 N–H and O–H groups in total. The van der Waals surface area contributed by atoms with Crippen LogP contribution in [0.5, 0.6) is 0 Å². The molecule has 1 amide bonds. The van der Waals surface area contributed by atoms with Gasteiger partial charge in [0.15, 0.2) is 0 Å². The first-order valence-corrected chi connectivity index (χ1v) is 8.70. The van der Waals surface area contributed by atoms with Gasteiger partial charge in [-0.3, -0.25) is 4.79 Å². The molecule has 0 bridgehead atoms. The molecule has 1 aliphatic rings. The predicted molar refractivity (Wildman–Crippen MR) is 97.8 cm³/mol. The minimum atomic E-state index is -0.421. The molecule has 126 valence electrons. The van der Waals surface area contributed by atoms with Gasteiger partial charge < -0.3 is 10.6 Å². The van der Waals surface area contributed by atoms with Gasteiger partial charge in [0.25, 0.3) is 0 Å². The smallest absolute Gasteiger partial charge is 0.226 e. The number of carbonyl (C=O) groups is 1. The molecule has 1 heterocycles. The van der Waals surface area contributed by atoms with E-state index in [0.29, 0.717) is 6.54 Å². The second-order valence-corrected chi connectivity index (χ2v) is 7.21. The number of hydrogen-bond donors (Lipinski definition) is 2. The largest absolute Gasteiger partial charge is 0.354 e. The van der Waals surface area contributed by atoms with Gasteiger partial charge in [-0.05, 0) is 36.1 Å². The average molecular weight is 322 g/mol. The molecular formula is C21H26N2O. The minimum absolute atomic E-state index is 0.108. The first-order valence-electron chi connectivity index (χ1n) is 8.70. The van der Waals surface area contributed by atoms with E-state index in [4.69, 9.17) is 0 Å². The van der Waals surface area contributed by atoms with Gasteiger partial charge in [-0.25, -0.2) is 0 Å². The average Bonchev–Trinajstić information content (AvgIpc) is 2.60. The number of carbonyl (C=O) groups excluding carboxylic acids is 1. The van der Waals surface area contributed by atoms with E-state index in [1.54, 1.807) is 0 Å². The molecule has 0 radical (unpaired) electrons. The fraction of sp³-hybridized carbons (Fsp3) is 0.381. The van der Waals surface area contributed by atoms with Gasteiger partial charge in [0, 0.05) is 18.0 Å². The first kappa shape index (κ1) is 16.7. The van der Waals surface area contributed by atoms with Crippen molar-refractivity contribution in [2.24, 2.45) is 5.41 Å². The summed E-state index contributed by atoms with van der Waals surface area (Å²) in [5.41, 5.74) is 3.47. The normalized spacial score (nSPS) is 17.2. The lowest BCUT2D eigenvalue weighted by Gasteiger charge is -2.29. The number of benzene rings is 2. The topological polar surface area (TPSA) is 41.1 Å². The van der Waals surface area contributed by atoms with Crippen molar-refractivity contribution in [3.63, 3.8) is 0 Å². The molecule has 2 aromatic rings. The van der Waals surface area contributed by atoms with E-state index in [1.165, 1.54) is 16.7 Å². The number of rotatable bonds is 5. The van der Waals surface area contributed by atoms with Crippen LogP contribution in [0.1, 0.15) is 36.6 Å². The molecule has 0 saturated carbocycles. The number of fused-ring (bicyclic) bond motifs is 1. The monoisotopic (exact) mass is 322 g/mol. The summed E-state index contributed by atoms with van der Waals surface area (Å²) >= 11 is 0. The van der Waals surface area contributed by atoms with Gasteiger partial charge in [-0.15, -0.1) is 0 Å². The zero-order chi connectivity index (χ0) is 17.0. The summed E-state index contributed by atoms with van der Waals surface area (Å²) in [5, 5.41) is 6.67. The highest BCUT2D eigenvalue weighted by atomic mass is 16.2. The Labute approximate surface area is 144 Å². The van der Waals surface area contributed by atoms with Crippen LogP contribution in [0.4, 0.5) is 0 Å². The lowest BCUT2D eigenvalue weighted by atomic mass is 9.84. The van der Waals surface area contributed by atoms with E-state index in [0.717, 1.165) is 19.4 Å². The van der Waals surface area contributed by atoms with Crippen LogP contribution >= 0.6 is 0 Å². The van der Waals surface area contributed by atoms with E-state index in [9.17, 15) is 4.79 Å². The predicted octanol–water partition coefficient (Wildman–Crippen LogP) is 3.26. The third-order valence-corrected chi connectivity index (χ3v) is 4.79. The van der Waals surface area contributed by atoms with Gasteiger partial charge in [0.1, 0.15) is 0 Å². The highest BCUT2D eigenvalue weighted by molar-refractivity contribution is 5.82. The molecule has 24 heavy (non-hydrogen) atoms. The van der Waals surface area contributed by atoms with Gasteiger partial charge in [0.05, 0.1) is 0 Å². The standard InChI is InChI=1S/C21H26N2O/c1-21(2,14-16-8-4-3-5-9-16)20(24)23-15-19-18-11-7-6-10-17(18)12-13-22-19/h3-11,19,22H,12-15H2,1-2H3,(H,23,24). The van der Waals surface area contributed by atoms with E-state index < -0.39 is 5.41 Å². The summed E-state index contributed by atoms with van der Waals surface area (Å²) in [6.07, 6.45) is 1.80. The Kier molecular flexibility index (Phi) is 5.00. The summed E-state index contributed by atoms with van der Waals surface area (Å²) in [5.74, 6) is 0.108. The van der Waals surface area contributed by atoms with Crippen LogP contribution in [0.2, 0.25) is 0 Å². The Morgan fingerprint density at radius 1 is 1.12 bits per heavy atom. The molecule has 0 aliphatic carbocycles. The third kappa shape index (κ3) is 3.85. The van der Waals surface area contributed by atoms with Crippen molar-refractivity contribution < 1.29 is 4.79 Å². The lowest BCUT2D eigenvalue weighted by Crippen LogP contribution is -2.44. The molecular weight excluding hydrogens is 296 g/mol. The SMILES string of the molecule is CC(C)(Cc1ccccc1)C(=O)NCC1NCCc2ccccc21. The lowest BCUT2D eigenvalue weighted by molar-refractivity contribution is -0.129. The minimum Gasteiger partial charge on any atom is -0.354 e. The van der Waals surface area contributed by atoms with Gasteiger partial charge >= 0.3 is 0 Å². The Hall–Kier alpha value is -2.13. The Balaban J connectivity index is 1.61. The molecule has 0 spiro atoms. The molecule has 2 aromatic carbocycles. The van der Waals surface area contributed by atoms with Crippen molar-refractivity contribution in [2.75, 3.05) is 13.1 Å². The Morgan fingerprint density at radius 2 is 1.83 bits per heavy atom. The van der Waals surface area contributed by atoms with Gasteiger partial charge in [-0.2, -0.15) is 0 Å². The summed E-state index contributed by atoms with van der Waals surface area (Å²) in [4.78, 5) is 12.7. The summed E-state index contributed by atoms with van der Waals surface area (Å²) in [6, 6.07) is 18.9. The van der Waals surface area contributed by atoms with Crippen molar-refractivity contribution in [2.45, 2.75) is 32.7 Å². The van der Waals surface area contributed by atoms with Crippen LogP contribution in [-0.4, -0.2) is 19.0 Å². The second kappa shape index (κ2) is 7.18. The molecule has 1 aliphatic heterocycles. The van der Waals surface area contributed by atoms with E-state index in [2.05, 4.69) is 47.0 Å². The number of amides is 1. The molecule has 1 unspecified atom stereocenters. The molecule has 3 rings (SSSR count). The van der Waals surface area contributed by atoms with Crippen molar-refractivity contribution in [1.29, 1.82) is 0 Å². The quantitative estimate of drug-likeness (QED) is 0.887. The maximum Gasteiger partial charge on any atom is 0.226 e. The molecule has 1 atom stereocenters. The maximum absolute atomic E-state index is 12.7. The molecule has 0 aromatic heterocycles. The van der Waals surface area contributed by atoms with Crippen molar-refractivity contribution in [3.8, 4) is 0 Å². The van der Waals surface area contributed by atoms with Crippen molar-refractivity contribution in [1.82, 2.24) is 10.6 Å².